The van der Waals surface area contributed by atoms with Crippen molar-refractivity contribution in [3.63, 3.8) is 0 Å². The zero-order chi connectivity index (χ0) is 17.2. The molecule has 0 fully saturated rings. The highest BCUT2D eigenvalue weighted by molar-refractivity contribution is 14.1. The number of benzene rings is 1. The lowest BCUT2D eigenvalue weighted by Gasteiger charge is -2.25. The van der Waals surface area contributed by atoms with Crippen LogP contribution in [-0.4, -0.2) is 23.4 Å². The summed E-state index contributed by atoms with van der Waals surface area (Å²) in [6.45, 7) is 11.7. The standard InChI is InChI=1S/C17H24IN3O2/c1-6-22-12-9-11(17(3,4)5)13(23-7-2)8-10(12)15-14(18)16(19)21-20-15/h8-9H,6-7H2,1-5H3,(H3,19,20,21). The van der Waals surface area contributed by atoms with E-state index in [-0.39, 0.29) is 5.41 Å². The lowest BCUT2D eigenvalue weighted by Crippen LogP contribution is -2.14. The molecule has 0 amide bonds. The maximum atomic E-state index is 5.88. The van der Waals surface area contributed by atoms with Gasteiger partial charge in [-0.25, -0.2) is 0 Å². The summed E-state index contributed by atoms with van der Waals surface area (Å²) < 4.78 is 12.6. The molecule has 0 atom stereocenters. The van der Waals surface area contributed by atoms with Gasteiger partial charge in [0, 0.05) is 11.1 Å². The first-order chi connectivity index (χ1) is 10.8. The summed E-state index contributed by atoms with van der Waals surface area (Å²) in [6, 6.07) is 4.08. The van der Waals surface area contributed by atoms with Crippen LogP contribution in [0.25, 0.3) is 11.3 Å². The van der Waals surface area contributed by atoms with Crippen molar-refractivity contribution < 1.29 is 9.47 Å². The third-order valence-electron chi connectivity index (χ3n) is 3.49. The molecule has 0 aliphatic carbocycles. The van der Waals surface area contributed by atoms with Crippen molar-refractivity contribution >= 4 is 28.4 Å². The SMILES string of the molecule is CCOc1cc(C(C)(C)C)c(OCC)cc1-c1[nH]nc(N)c1I. The number of nitrogens with zero attached hydrogens (tertiary/aromatic N) is 1. The van der Waals surface area contributed by atoms with Crippen molar-refractivity contribution in [1.82, 2.24) is 10.2 Å². The molecule has 0 bridgehead atoms. The zero-order valence-electron chi connectivity index (χ0n) is 14.3. The number of hydrogen-bond donors (Lipinski definition) is 2. The van der Waals surface area contributed by atoms with Gasteiger partial charge in [-0.15, -0.1) is 0 Å². The number of ether oxygens (including phenoxy) is 2. The van der Waals surface area contributed by atoms with E-state index in [2.05, 4.69) is 59.6 Å². The topological polar surface area (TPSA) is 73.2 Å². The highest BCUT2D eigenvalue weighted by atomic mass is 127. The molecule has 0 aliphatic heterocycles. The third kappa shape index (κ3) is 3.73. The fraction of sp³-hybridized carbons (Fsp3) is 0.471. The predicted molar refractivity (Wildman–Crippen MR) is 102 cm³/mol. The van der Waals surface area contributed by atoms with E-state index >= 15 is 0 Å². The van der Waals surface area contributed by atoms with Crippen molar-refractivity contribution in [2.45, 2.75) is 40.0 Å². The molecule has 1 aromatic carbocycles. The maximum Gasteiger partial charge on any atom is 0.159 e. The quantitative estimate of drug-likeness (QED) is 0.693. The van der Waals surface area contributed by atoms with Gasteiger partial charge in [-0.1, -0.05) is 20.8 Å². The summed E-state index contributed by atoms with van der Waals surface area (Å²) in [6.07, 6.45) is 0. The highest BCUT2D eigenvalue weighted by Gasteiger charge is 2.24. The molecule has 5 nitrogen and oxygen atoms in total. The number of halogens is 1. The van der Waals surface area contributed by atoms with Crippen LogP contribution in [0.4, 0.5) is 5.82 Å². The molecule has 6 heteroatoms. The lowest BCUT2D eigenvalue weighted by atomic mass is 9.85. The van der Waals surface area contributed by atoms with Crippen LogP contribution in [-0.2, 0) is 5.41 Å². The Bertz CT molecular complexity index is 690. The smallest absolute Gasteiger partial charge is 0.159 e. The Morgan fingerprint density at radius 3 is 2.22 bits per heavy atom. The van der Waals surface area contributed by atoms with Crippen molar-refractivity contribution in [3.05, 3.63) is 21.3 Å². The predicted octanol–water partition coefficient (Wildman–Crippen LogP) is 4.36. The second kappa shape index (κ2) is 6.98. The van der Waals surface area contributed by atoms with Crippen molar-refractivity contribution in [2.24, 2.45) is 0 Å². The van der Waals surface area contributed by atoms with Crippen molar-refractivity contribution in [1.29, 1.82) is 0 Å². The van der Waals surface area contributed by atoms with Gasteiger partial charge in [-0.2, -0.15) is 5.10 Å². The summed E-state index contributed by atoms with van der Waals surface area (Å²) in [4.78, 5) is 0. The molecule has 23 heavy (non-hydrogen) atoms. The van der Waals surface area contributed by atoms with Crippen LogP contribution in [0, 0.1) is 3.57 Å². The van der Waals surface area contributed by atoms with Crippen LogP contribution in [0.5, 0.6) is 11.5 Å². The van der Waals surface area contributed by atoms with Crippen LogP contribution >= 0.6 is 22.6 Å². The molecule has 126 valence electrons. The third-order valence-corrected chi connectivity index (χ3v) is 4.58. The highest BCUT2D eigenvalue weighted by Crippen LogP contribution is 2.42. The summed E-state index contributed by atoms with van der Waals surface area (Å²) in [5, 5.41) is 7.09. The summed E-state index contributed by atoms with van der Waals surface area (Å²) in [5.74, 6) is 2.16. The Hall–Kier alpha value is -1.44. The summed E-state index contributed by atoms with van der Waals surface area (Å²) in [5.41, 5.74) is 8.72. The zero-order valence-corrected chi connectivity index (χ0v) is 16.4. The number of hydrogen-bond acceptors (Lipinski definition) is 4. The van der Waals surface area contributed by atoms with Gasteiger partial charge < -0.3 is 15.2 Å². The minimum Gasteiger partial charge on any atom is -0.494 e. The normalized spacial score (nSPS) is 11.6. The number of rotatable bonds is 5. The average Bonchev–Trinajstić information content (AvgIpc) is 2.79. The number of aromatic amines is 1. The number of aromatic nitrogens is 2. The average molecular weight is 429 g/mol. The monoisotopic (exact) mass is 429 g/mol. The first-order valence-corrected chi connectivity index (χ1v) is 8.81. The number of nitrogen functional groups attached to an aromatic ring is 1. The minimum absolute atomic E-state index is 0.0466. The molecular formula is C17H24IN3O2. The molecule has 2 aromatic rings. The van der Waals surface area contributed by atoms with Crippen LogP contribution in [0.15, 0.2) is 12.1 Å². The van der Waals surface area contributed by atoms with Crippen molar-refractivity contribution in [3.8, 4) is 22.8 Å². The molecule has 0 spiro atoms. The Kier molecular flexibility index (Phi) is 5.44. The van der Waals surface area contributed by atoms with E-state index < -0.39 is 0 Å². The second-order valence-corrected chi connectivity index (χ2v) is 7.34. The Balaban J connectivity index is 2.70. The fourth-order valence-electron chi connectivity index (χ4n) is 2.41. The summed E-state index contributed by atoms with van der Waals surface area (Å²) >= 11 is 2.19. The lowest BCUT2D eigenvalue weighted by molar-refractivity contribution is 0.322. The van der Waals surface area contributed by atoms with E-state index in [0.29, 0.717) is 19.0 Å². The van der Waals surface area contributed by atoms with Gasteiger partial charge in [-0.3, -0.25) is 5.10 Å². The molecule has 0 aliphatic rings. The maximum absolute atomic E-state index is 5.88. The number of nitrogens with two attached hydrogens (primary N) is 1. The molecule has 0 unspecified atom stereocenters. The first-order valence-electron chi connectivity index (χ1n) is 7.73. The van der Waals surface area contributed by atoms with E-state index in [1.165, 1.54) is 0 Å². The van der Waals surface area contributed by atoms with Crippen molar-refractivity contribution in [2.75, 3.05) is 18.9 Å². The van der Waals surface area contributed by atoms with Gasteiger partial charge in [0.2, 0.25) is 0 Å². The van der Waals surface area contributed by atoms with E-state index in [4.69, 9.17) is 15.2 Å². The van der Waals surface area contributed by atoms with Gasteiger partial charge in [0.1, 0.15) is 11.5 Å². The molecule has 2 rings (SSSR count). The molecule has 0 radical (unpaired) electrons. The Morgan fingerprint density at radius 1 is 1.13 bits per heavy atom. The van der Waals surface area contributed by atoms with E-state index in [9.17, 15) is 0 Å². The van der Waals surface area contributed by atoms with E-state index in [1.807, 2.05) is 19.9 Å². The molecule has 0 saturated heterocycles. The van der Waals surface area contributed by atoms with Crippen LogP contribution in [0.1, 0.15) is 40.2 Å². The molecule has 1 aromatic heterocycles. The molecular weight excluding hydrogens is 405 g/mol. The number of H-pyrrole nitrogens is 1. The van der Waals surface area contributed by atoms with Crippen LogP contribution in [0.2, 0.25) is 0 Å². The number of anilines is 1. The second-order valence-electron chi connectivity index (χ2n) is 6.26. The fourth-order valence-corrected chi connectivity index (χ4v) is 2.94. The molecule has 0 saturated carbocycles. The summed E-state index contributed by atoms with van der Waals surface area (Å²) in [7, 11) is 0. The van der Waals surface area contributed by atoms with Gasteiger partial charge in [-0.05, 0) is 54.0 Å². The van der Waals surface area contributed by atoms with Gasteiger partial charge in [0.15, 0.2) is 5.82 Å². The van der Waals surface area contributed by atoms with Crippen LogP contribution < -0.4 is 15.2 Å². The van der Waals surface area contributed by atoms with Gasteiger partial charge >= 0.3 is 0 Å². The van der Waals surface area contributed by atoms with Gasteiger partial charge in [0.25, 0.3) is 0 Å². The molecule has 3 N–H and O–H groups in total. The van der Waals surface area contributed by atoms with E-state index in [0.717, 1.165) is 31.9 Å². The Labute approximate surface area is 151 Å². The van der Waals surface area contributed by atoms with Crippen LogP contribution in [0.3, 0.4) is 0 Å². The molecule has 1 heterocycles. The van der Waals surface area contributed by atoms with Gasteiger partial charge in [0.05, 0.1) is 22.5 Å². The Morgan fingerprint density at radius 2 is 1.74 bits per heavy atom. The largest absolute Gasteiger partial charge is 0.494 e. The minimum atomic E-state index is -0.0466. The first kappa shape index (κ1) is 17.9. The number of nitrogens with one attached hydrogen (secondary N) is 1. The van der Waals surface area contributed by atoms with E-state index in [1.54, 1.807) is 0 Å².